The second-order valence-corrected chi connectivity index (χ2v) is 16.7. The summed E-state index contributed by atoms with van der Waals surface area (Å²) < 4.78 is 11.1. The fourth-order valence-corrected chi connectivity index (χ4v) is 8.19. The average molecular weight is 603 g/mol. The Hall–Kier alpha value is -4.50. The summed E-state index contributed by atoms with van der Waals surface area (Å²) >= 11 is 0. The number of benzene rings is 5. The molecule has 46 heavy (non-hydrogen) atoms. The molecule has 4 heterocycles. The van der Waals surface area contributed by atoms with Crippen LogP contribution in [0.5, 0.6) is 5.75 Å². The van der Waals surface area contributed by atoms with E-state index in [9.17, 15) is 0 Å². The number of nitrogens with zero attached hydrogens (tertiary/aromatic N) is 2. The predicted octanol–water partition coefficient (Wildman–Crippen LogP) is 11.9. The highest BCUT2D eigenvalue weighted by molar-refractivity contribution is 6.36. The molecule has 0 unspecified atom stereocenters. The lowest BCUT2D eigenvalue weighted by atomic mass is 9.84. The van der Waals surface area contributed by atoms with Crippen molar-refractivity contribution in [1.82, 2.24) is 8.80 Å². The summed E-state index contributed by atoms with van der Waals surface area (Å²) in [4.78, 5) is 0. The molecule has 3 heteroatoms. The number of hydrogen-bond donors (Lipinski definition) is 0. The third-order valence-electron chi connectivity index (χ3n) is 10.7. The van der Waals surface area contributed by atoms with Gasteiger partial charge in [-0.05, 0) is 93.6 Å². The molecular formula is C43H42N2O. The first-order chi connectivity index (χ1) is 21.7. The van der Waals surface area contributed by atoms with Gasteiger partial charge in [-0.2, -0.15) is 0 Å². The fraction of sp³-hybridized carbons (Fsp3) is 0.302. The van der Waals surface area contributed by atoms with Crippen molar-refractivity contribution in [2.75, 3.05) is 7.11 Å². The van der Waals surface area contributed by atoms with Crippen LogP contribution in [0.2, 0.25) is 0 Å². The van der Waals surface area contributed by atoms with Crippen LogP contribution in [0.3, 0.4) is 0 Å². The topological polar surface area (TPSA) is 18.1 Å². The molecule has 0 radical (unpaired) electrons. The van der Waals surface area contributed by atoms with Crippen LogP contribution in [0, 0.1) is 0 Å². The summed E-state index contributed by atoms with van der Waals surface area (Å²) in [5.41, 5.74) is 11.9. The van der Waals surface area contributed by atoms with E-state index < -0.39 is 0 Å². The zero-order valence-electron chi connectivity index (χ0n) is 28.7. The molecule has 0 saturated heterocycles. The highest BCUT2D eigenvalue weighted by atomic mass is 16.5. The Bertz CT molecular complexity index is 2710. The maximum absolute atomic E-state index is 6.05. The van der Waals surface area contributed by atoms with Gasteiger partial charge in [0.2, 0.25) is 0 Å². The van der Waals surface area contributed by atoms with Crippen LogP contribution >= 0.6 is 0 Å². The van der Waals surface area contributed by atoms with E-state index in [1.807, 2.05) is 0 Å². The molecule has 0 atom stereocenters. The summed E-state index contributed by atoms with van der Waals surface area (Å²) in [6, 6.07) is 28.3. The summed E-state index contributed by atoms with van der Waals surface area (Å²) in [5, 5.41) is 10.5. The van der Waals surface area contributed by atoms with Gasteiger partial charge in [-0.1, -0.05) is 74.4 Å². The number of methoxy groups -OCH3 is 1. The van der Waals surface area contributed by atoms with E-state index in [1.165, 1.54) is 92.9 Å². The minimum atomic E-state index is 0.0150. The van der Waals surface area contributed by atoms with Gasteiger partial charge < -0.3 is 13.5 Å². The third-order valence-corrected chi connectivity index (χ3v) is 10.7. The van der Waals surface area contributed by atoms with E-state index in [0.717, 1.165) is 5.75 Å². The smallest absolute Gasteiger partial charge is 0.128 e. The Kier molecular flexibility index (Phi) is 5.10. The molecule has 230 valence electrons. The van der Waals surface area contributed by atoms with Crippen molar-refractivity contribution >= 4 is 76.2 Å². The van der Waals surface area contributed by atoms with Crippen LogP contribution in [-0.4, -0.2) is 15.9 Å². The first kappa shape index (κ1) is 27.8. The lowest BCUT2D eigenvalue weighted by Gasteiger charge is -2.20. The molecule has 0 N–H and O–H groups in total. The predicted molar refractivity (Wildman–Crippen MR) is 198 cm³/mol. The van der Waals surface area contributed by atoms with Gasteiger partial charge in [0.1, 0.15) is 5.75 Å². The van der Waals surface area contributed by atoms with Gasteiger partial charge in [0.25, 0.3) is 0 Å². The van der Waals surface area contributed by atoms with Gasteiger partial charge in [-0.15, -0.1) is 0 Å². The molecule has 0 bridgehead atoms. The maximum atomic E-state index is 6.05. The van der Waals surface area contributed by atoms with E-state index in [4.69, 9.17) is 4.74 Å². The van der Waals surface area contributed by atoms with Crippen molar-refractivity contribution in [2.24, 2.45) is 0 Å². The number of hydrogen-bond acceptors (Lipinski definition) is 1. The molecule has 5 aromatic carbocycles. The Morgan fingerprint density at radius 1 is 0.413 bits per heavy atom. The SMILES string of the molecule is COc1ccc2c3c4c5cc(C(C)(C)C)cc6c7cc(C(C)(C)C)ccc7n(c4ccc3n3c4ccc(C(C)(C)C)cc4c1c23)c65. The van der Waals surface area contributed by atoms with Gasteiger partial charge in [0.15, 0.2) is 0 Å². The molecule has 0 aliphatic carbocycles. The van der Waals surface area contributed by atoms with Crippen molar-refractivity contribution in [3.05, 3.63) is 89.5 Å². The first-order valence-electron chi connectivity index (χ1n) is 16.7. The maximum Gasteiger partial charge on any atom is 0.128 e. The van der Waals surface area contributed by atoms with Crippen molar-refractivity contribution in [1.29, 1.82) is 0 Å². The van der Waals surface area contributed by atoms with Crippen molar-refractivity contribution in [3.8, 4) is 5.75 Å². The summed E-state index contributed by atoms with van der Waals surface area (Å²) in [6.45, 7) is 20.8. The number of aromatic nitrogens is 2. The van der Waals surface area contributed by atoms with Gasteiger partial charge in [-0.25, -0.2) is 0 Å². The van der Waals surface area contributed by atoms with Crippen molar-refractivity contribution in [2.45, 2.75) is 78.6 Å². The summed E-state index contributed by atoms with van der Waals surface area (Å²) in [7, 11) is 1.80. The molecule has 9 aromatic rings. The molecule has 9 rings (SSSR count). The number of ether oxygens (including phenoxy) is 1. The second-order valence-electron chi connectivity index (χ2n) is 16.7. The monoisotopic (exact) mass is 602 g/mol. The molecule has 0 amide bonds. The van der Waals surface area contributed by atoms with E-state index in [2.05, 4.69) is 144 Å². The molecule has 4 aromatic heterocycles. The van der Waals surface area contributed by atoms with Crippen LogP contribution in [-0.2, 0) is 16.2 Å². The quantitative estimate of drug-likeness (QED) is 0.183. The lowest BCUT2D eigenvalue weighted by Crippen LogP contribution is -2.11. The molecule has 3 nitrogen and oxygen atoms in total. The van der Waals surface area contributed by atoms with Gasteiger partial charge in [0.05, 0.1) is 45.6 Å². The standard InChI is InChI=1S/C43H42N2O/c1-41(2,3)23-11-14-31-27(19-23)28-21-25(43(7,8)9)22-30-37-34(44(31)39(28)30)17-16-33-36(37)26-13-18-35(46-10)38-29-20-24(42(4,5)6)12-15-32(29)45(33)40(26)38/h11-22H,1-10H3. The molecule has 0 saturated carbocycles. The molecule has 0 aliphatic heterocycles. The minimum Gasteiger partial charge on any atom is -0.496 e. The Balaban J connectivity index is 1.52. The minimum absolute atomic E-state index is 0.0150. The highest BCUT2D eigenvalue weighted by Crippen LogP contribution is 2.50. The van der Waals surface area contributed by atoms with Gasteiger partial charge in [0, 0.05) is 37.7 Å². The first-order valence-corrected chi connectivity index (χ1v) is 16.7. The lowest BCUT2D eigenvalue weighted by molar-refractivity contribution is 0.420. The van der Waals surface area contributed by atoms with Crippen molar-refractivity contribution in [3.63, 3.8) is 0 Å². The second kappa shape index (κ2) is 8.45. The summed E-state index contributed by atoms with van der Waals surface area (Å²) in [5.74, 6) is 0.932. The number of fused-ring (bicyclic) bond motifs is 13. The van der Waals surface area contributed by atoms with Crippen LogP contribution in [0.4, 0.5) is 0 Å². The van der Waals surface area contributed by atoms with Gasteiger partial charge >= 0.3 is 0 Å². The van der Waals surface area contributed by atoms with Crippen molar-refractivity contribution < 1.29 is 4.74 Å². The highest BCUT2D eigenvalue weighted by Gasteiger charge is 2.28. The van der Waals surface area contributed by atoms with E-state index >= 15 is 0 Å². The molecular weight excluding hydrogens is 560 g/mol. The Morgan fingerprint density at radius 2 is 0.891 bits per heavy atom. The van der Waals surface area contributed by atoms with E-state index in [1.54, 1.807) is 7.11 Å². The van der Waals surface area contributed by atoms with E-state index in [-0.39, 0.29) is 16.2 Å². The third kappa shape index (κ3) is 3.39. The summed E-state index contributed by atoms with van der Waals surface area (Å²) in [6.07, 6.45) is 0. The molecule has 0 aliphatic rings. The Morgan fingerprint density at radius 3 is 1.48 bits per heavy atom. The Labute approximate surface area is 270 Å². The fourth-order valence-electron chi connectivity index (χ4n) is 8.19. The normalized spacial score (nSPS) is 13.9. The molecule has 0 fully saturated rings. The van der Waals surface area contributed by atoms with Crippen LogP contribution in [0.15, 0.2) is 72.8 Å². The van der Waals surface area contributed by atoms with E-state index in [0.29, 0.717) is 0 Å². The zero-order valence-corrected chi connectivity index (χ0v) is 28.7. The van der Waals surface area contributed by atoms with Gasteiger partial charge in [-0.3, -0.25) is 0 Å². The van der Waals surface area contributed by atoms with Crippen LogP contribution in [0.1, 0.15) is 79.0 Å². The largest absolute Gasteiger partial charge is 0.496 e. The number of rotatable bonds is 1. The molecule has 0 spiro atoms. The average Bonchev–Trinajstić information content (AvgIpc) is 3.71. The zero-order chi connectivity index (χ0) is 32.2. The van der Waals surface area contributed by atoms with Crippen LogP contribution < -0.4 is 4.74 Å². The van der Waals surface area contributed by atoms with Crippen LogP contribution in [0.25, 0.3) is 76.2 Å².